The monoisotopic (exact) mass is 361 g/mol. The molecule has 2 aromatic rings. The smallest absolute Gasteiger partial charge is 0.433 e. The van der Waals surface area contributed by atoms with Crippen LogP contribution in [0, 0.1) is 17.2 Å². The summed E-state index contributed by atoms with van der Waals surface area (Å²) in [6.45, 7) is 1.56. The lowest BCUT2D eigenvalue weighted by atomic mass is 9.98. The number of ether oxygens (including phenoxy) is 1. The highest BCUT2D eigenvalue weighted by Crippen LogP contribution is 2.32. The highest BCUT2D eigenvalue weighted by Gasteiger charge is 2.34. The predicted octanol–water partition coefficient (Wildman–Crippen LogP) is 4.27. The minimum Gasteiger partial charge on any atom is -0.493 e. The van der Waals surface area contributed by atoms with Gasteiger partial charge in [-0.05, 0) is 37.1 Å². The van der Waals surface area contributed by atoms with E-state index >= 15 is 0 Å². The molecule has 1 atom stereocenters. The number of pyridine rings is 1. The normalized spacial score (nSPS) is 17.6. The Hall–Kier alpha value is -2.75. The molecule has 1 unspecified atom stereocenters. The van der Waals surface area contributed by atoms with Gasteiger partial charge in [0, 0.05) is 19.0 Å². The molecular formula is C19H18F3N3O. The van der Waals surface area contributed by atoms with E-state index in [1.807, 2.05) is 36.4 Å². The van der Waals surface area contributed by atoms with E-state index in [9.17, 15) is 18.4 Å². The number of aromatic nitrogens is 1. The van der Waals surface area contributed by atoms with Crippen molar-refractivity contribution in [2.75, 3.05) is 24.6 Å². The maximum atomic E-state index is 13.0. The van der Waals surface area contributed by atoms with E-state index in [1.54, 1.807) is 4.90 Å². The molecule has 1 aromatic carbocycles. The fourth-order valence-electron chi connectivity index (χ4n) is 3.06. The second kappa shape index (κ2) is 7.65. The van der Waals surface area contributed by atoms with Crippen molar-refractivity contribution >= 4 is 5.82 Å². The van der Waals surface area contributed by atoms with Crippen LogP contribution in [0.2, 0.25) is 0 Å². The van der Waals surface area contributed by atoms with Crippen molar-refractivity contribution in [3.63, 3.8) is 0 Å². The Morgan fingerprint density at radius 2 is 1.96 bits per heavy atom. The topological polar surface area (TPSA) is 49.2 Å². The van der Waals surface area contributed by atoms with Gasteiger partial charge in [0.25, 0.3) is 0 Å². The number of hydrogen-bond acceptors (Lipinski definition) is 4. The molecule has 0 radical (unpaired) electrons. The van der Waals surface area contributed by atoms with Crippen LogP contribution in [0.1, 0.15) is 24.1 Å². The molecule has 1 aliphatic heterocycles. The van der Waals surface area contributed by atoms with Crippen LogP contribution in [-0.2, 0) is 6.18 Å². The van der Waals surface area contributed by atoms with Crippen molar-refractivity contribution in [2.24, 2.45) is 5.92 Å². The molecule has 0 bridgehead atoms. The number of rotatable bonds is 4. The third-order valence-corrected chi connectivity index (χ3v) is 4.33. The van der Waals surface area contributed by atoms with E-state index in [4.69, 9.17) is 4.74 Å². The molecule has 0 aliphatic carbocycles. The first-order chi connectivity index (χ1) is 12.5. The third kappa shape index (κ3) is 4.26. The molecule has 26 heavy (non-hydrogen) atoms. The summed E-state index contributed by atoms with van der Waals surface area (Å²) >= 11 is 0. The summed E-state index contributed by atoms with van der Waals surface area (Å²) in [7, 11) is 0. The van der Waals surface area contributed by atoms with Crippen molar-refractivity contribution in [2.45, 2.75) is 19.0 Å². The summed E-state index contributed by atoms with van der Waals surface area (Å²) in [5.74, 6) is 1.03. The lowest BCUT2D eigenvalue weighted by Gasteiger charge is -2.34. The molecule has 1 saturated heterocycles. The molecule has 4 nitrogen and oxygen atoms in total. The highest BCUT2D eigenvalue weighted by molar-refractivity contribution is 5.55. The number of nitriles is 1. The summed E-state index contributed by atoms with van der Waals surface area (Å²) in [6, 6.07) is 13.4. The molecule has 1 aromatic heterocycles. The molecule has 2 heterocycles. The molecule has 0 saturated carbocycles. The van der Waals surface area contributed by atoms with Crippen LogP contribution in [0.5, 0.6) is 5.75 Å². The van der Waals surface area contributed by atoms with Crippen LogP contribution in [0.25, 0.3) is 0 Å². The van der Waals surface area contributed by atoms with Gasteiger partial charge in [0.1, 0.15) is 23.3 Å². The van der Waals surface area contributed by atoms with Crippen LogP contribution in [0.4, 0.5) is 19.0 Å². The summed E-state index contributed by atoms with van der Waals surface area (Å²) < 4.78 is 44.7. The first kappa shape index (κ1) is 18.1. The van der Waals surface area contributed by atoms with E-state index in [-0.39, 0.29) is 17.3 Å². The van der Waals surface area contributed by atoms with Crippen molar-refractivity contribution in [3.05, 3.63) is 53.7 Å². The molecule has 7 heteroatoms. The van der Waals surface area contributed by atoms with Gasteiger partial charge in [-0.3, -0.25) is 0 Å². The number of piperidine rings is 1. The van der Waals surface area contributed by atoms with Gasteiger partial charge in [0.15, 0.2) is 0 Å². The Morgan fingerprint density at radius 1 is 1.19 bits per heavy atom. The van der Waals surface area contributed by atoms with Gasteiger partial charge < -0.3 is 9.64 Å². The first-order valence-corrected chi connectivity index (χ1v) is 8.38. The standard InChI is InChI=1S/C19H18F3N3O/c20-19(21,22)17-9-8-15(11-23)18(24-17)25-10-4-5-14(12-25)13-26-16-6-2-1-3-7-16/h1-3,6-9,14H,4-5,10,12-13H2. The van der Waals surface area contributed by atoms with Gasteiger partial charge in [0.05, 0.1) is 12.2 Å². The zero-order chi connectivity index (χ0) is 18.6. The van der Waals surface area contributed by atoms with Crippen molar-refractivity contribution in [1.82, 2.24) is 4.98 Å². The molecule has 0 spiro atoms. The van der Waals surface area contributed by atoms with Gasteiger partial charge >= 0.3 is 6.18 Å². The number of nitrogens with zero attached hydrogens (tertiary/aromatic N) is 3. The molecular weight excluding hydrogens is 343 g/mol. The van der Waals surface area contributed by atoms with Crippen molar-refractivity contribution < 1.29 is 17.9 Å². The van der Waals surface area contributed by atoms with Gasteiger partial charge in [-0.2, -0.15) is 18.4 Å². The second-order valence-corrected chi connectivity index (χ2v) is 6.26. The van der Waals surface area contributed by atoms with Gasteiger partial charge in [0.2, 0.25) is 0 Å². The van der Waals surface area contributed by atoms with Crippen LogP contribution in [0.15, 0.2) is 42.5 Å². The Labute approximate surface area is 149 Å². The SMILES string of the molecule is N#Cc1ccc(C(F)(F)F)nc1N1CCCC(COc2ccccc2)C1. The minimum absolute atomic E-state index is 0.103. The van der Waals surface area contributed by atoms with E-state index < -0.39 is 11.9 Å². The van der Waals surface area contributed by atoms with Crippen molar-refractivity contribution in [3.8, 4) is 11.8 Å². The summed E-state index contributed by atoms with van der Waals surface area (Å²) in [6.07, 6.45) is -2.80. The summed E-state index contributed by atoms with van der Waals surface area (Å²) in [5.41, 5.74) is -0.822. The molecule has 136 valence electrons. The Balaban J connectivity index is 1.73. The number of para-hydroxylation sites is 1. The van der Waals surface area contributed by atoms with E-state index in [0.29, 0.717) is 19.7 Å². The largest absolute Gasteiger partial charge is 0.493 e. The predicted molar refractivity (Wildman–Crippen MR) is 90.8 cm³/mol. The average molecular weight is 361 g/mol. The minimum atomic E-state index is -4.53. The first-order valence-electron chi connectivity index (χ1n) is 8.38. The van der Waals surface area contributed by atoms with Gasteiger partial charge in [-0.1, -0.05) is 18.2 Å². The average Bonchev–Trinajstić information content (AvgIpc) is 2.66. The zero-order valence-corrected chi connectivity index (χ0v) is 14.0. The quantitative estimate of drug-likeness (QED) is 0.816. The van der Waals surface area contributed by atoms with E-state index in [2.05, 4.69) is 4.98 Å². The Kier molecular flexibility index (Phi) is 5.31. The maximum absolute atomic E-state index is 13.0. The van der Waals surface area contributed by atoms with Crippen LogP contribution >= 0.6 is 0 Å². The molecule has 0 amide bonds. The fraction of sp³-hybridized carbons (Fsp3) is 0.368. The van der Waals surface area contributed by atoms with E-state index in [1.165, 1.54) is 6.07 Å². The number of halogens is 3. The van der Waals surface area contributed by atoms with E-state index in [0.717, 1.165) is 24.7 Å². The van der Waals surface area contributed by atoms with Gasteiger partial charge in [-0.25, -0.2) is 4.98 Å². The molecule has 1 fully saturated rings. The molecule has 3 rings (SSSR count). The molecule has 1 aliphatic rings. The number of anilines is 1. The number of hydrogen-bond donors (Lipinski definition) is 0. The summed E-state index contributed by atoms with van der Waals surface area (Å²) in [5, 5.41) is 9.24. The van der Waals surface area contributed by atoms with Crippen molar-refractivity contribution in [1.29, 1.82) is 5.26 Å². The maximum Gasteiger partial charge on any atom is 0.433 e. The van der Waals surface area contributed by atoms with Crippen LogP contribution < -0.4 is 9.64 Å². The Morgan fingerprint density at radius 3 is 2.65 bits per heavy atom. The lowest BCUT2D eigenvalue weighted by Crippen LogP contribution is -2.39. The summed E-state index contributed by atoms with van der Waals surface area (Å²) in [4.78, 5) is 5.49. The van der Waals surface area contributed by atoms with Gasteiger partial charge in [-0.15, -0.1) is 0 Å². The van der Waals surface area contributed by atoms with Crippen LogP contribution in [-0.4, -0.2) is 24.7 Å². The Bertz CT molecular complexity index is 787. The molecule has 0 N–H and O–H groups in total. The van der Waals surface area contributed by atoms with Crippen LogP contribution in [0.3, 0.4) is 0 Å². The lowest BCUT2D eigenvalue weighted by molar-refractivity contribution is -0.141. The third-order valence-electron chi connectivity index (χ3n) is 4.33. The highest BCUT2D eigenvalue weighted by atomic mass is 19.4. The number of alkyl halides is 3. The fourth-order valence-corrected chi connectivity index (χ4v) is 3.06. The second-order valence-electron chi connectivity index (χ2n) is 6.26. The zero-order valence-electron chi connectivity index (χ0n) is 14.0. The number of benzene rings is 1.